The Labute approximate surface area is 376 Å². The number of nitrogens with two attached hydrogens (primary N) is 3. The Bertz CT molecular complexity index is 2570. The van der Waals surface area contributed by atoms with Crippen molar-refractivity contribution in [3.8, 4) is 0 Å². The summed E-state index contributed by atoms with van der Waals surface area (Å²) in [5, 5.41) is 15.6. The van der Waals surface area contributed by atoms with Crippen LogP contribution < -0.4 is 43.8 Å². The fraction of sp³-hybridized carbons (Fsp3) is 0.340. The van der Waals surface area contributed by atoms with Crippen molar-refractivity contribution in [3.05, 3.63) is 126 Å². The van der Waals surface area contributed by atoms with E-state index in [-0.39, 0.29) is 32.1 Å². The van der Waals surface area contributed by atoms with E-state index in [4.69, 9.17) is 17.2 Å². The van der Waals surface area contributed by atoms with Crippen molar-refractivity contribution in [2.24, 2.45) is 17.2 Å². The number of para-hydroxylation sites is 2. The molecule has 18 heteroatoms. The van der Waals surface area contributed by atoms with Crippen molar-refractivity contribution in [1.82, 2.24) is 46.5 Å². The van der Waals surface area contributed by atoms with Crippen molar-refractivity contribution in [1.29, 1.82) is 0 Å². The third-order valence-electron chi connectivity index (χ3n) is 11.4. The van der Waals surface area contributed by atoms with Gasteiger partial charge < -0.3 is 58.7 Å². The molecular weight excluding hydrogens is 829 g/mol. The van der Waals surface area contributed by atoms with E-state index < -0.39 is 71.7 Å². The topological polar surface area (TPSA) is 301 Å². The van der Waals surface area contributed by atoms with E-state index in [0.29, 0.717) is 30.6 Å². The summed E-state index contributed by atoms with van der Waals surface area (Å²) in [4.78, 5) is 96.1. The first-order chi connectivity index (χ1) is 31.3. The largest absolute Gasteiger partial charge is 0.368 e. The number of unbranched alkanes of at least 4 members (excludes halogenated alkanes) is 1. The molecule has 3 heterocycles. The summed E-state index contributed by atoms with van der Waals surface area (Å²) >= 11 is 0. The molecule has 342 valence electrons. The second kappa shape index (κ2) is 22.4. The molecule has 0 aliphatic rings. The minimum absolute atomic E-state index is 0.00231. The number of primary amides is 1. The quantitative estimate of drug-likeness (QED) is 0.0413. The van der Waals surface area contributed by atoms with Gasteiger partial charge in [-0.1, -0.05) is 66.7 Å². The highest BCUT2D eigenvalue weighted by molar-refractivity contribution is 5.97. The van der Waals surface area contributed by atoms with Gasteiger partial charge in [0.05, 0.1) is 12.4 Å². The monoisotopic (exact) mass is 886 g/mol. The average molecular weight is 887 g/mol. The number of hydrogen-bond acceptors (Lipinski definition) is 9. The molecule has 0 spiro atoms. The normalized spacial score (nSPS) is 14.1. The summed E-state index contributed by atoms with van der Waals surface area (Å²) in [6.07, 6.45) is 6.47. The summed E-state index contributed by atoms with van der Waals surface area (Å²) in [5.74, 6) is -4.01. The van der Waals surface area contributed by atoms with Crippen LogP contribution in [0.3, 0.4) is 0 Å². The number of fused-ring (bicyclic) bond motifs is 2. The third-order valence-corrected chi connectivity index (χ3v) is 11.4. The van der Waals surface area contributed by atoms with Crippen molar-refractivity contribution in [2.45, 2.75) is 95.0 Å². The smallest absolute Gasteiger partial charge is 0.243 e. The predicted octanol–water partition coefficient (Wildman–Crippen LogP) is 1.34. The van der Waals surface area contributed by atoms with Gasteiger partial charge >= 0.3 is 0 Å². The molecule has 65 heavy (non-hydrogen) atoms. The Morgan fingerprint density at radius 3 is 1.94 bits per heavy atom. The number of aryl methyl sites for hydroxylation is 1. The van der Waals surface area contributed by atoms with Crippen LogP contribution in [-0.2, 0) is 54.5 Å². The molecule has 0 fully saturated rings. The van der Waals surface area contributed by atoms with Crippen molar-refractivity contribution < 1.29 is 28.8 Å². The summed E-state index contributed by atoms with van der Waals surface area (Å²) in [6.45, 7) is 3.74. The fourth-order valence-electron chi connectivity index (χ4n) is 7.80. The average Bonchev–Trinajstić information content (AvgIpc) is 4.04. The van der Waals surface area contributed by atoms with Crippen LogP contribution in [0.1, 0.15) is 54.3 Å². The number of amides is 6. The number of imidazole rings is 1. The molecule has 3 aromatic heterocycles. The first kappa shape index (κ1) is 47.2. The van der Waals surface area contributed by atoms with Crippen LogP contribution in [0.25, 0.3) is 21.8 Å². The van der Waals surface area contributed by atoms with Crippen LogP contribution in [0.15, 0.2) is 97.6 Å². The maximum absolute atomic E-state index is 14.5. The zero-order valence-corrected chi connectivity index (χ0v) is 36.5. The fourth-order valence-corrected chi connectivity index (χ4v) is 7.80. The van der Waals surface area contributed by atoms with Crippen LogP contribution in [0.5, 0.6) is 0 Å². The van der Waals surface area contributed by atoms with Gasteiger partial charge in [-0.3, -0.25) is 28.8 Å². The molecule has 0 radical (unpaired) electrons. The lowest BCUT2D eigenvalue weighted by atomic mass is 10.0. The SMILES string of the molecule is Cc1[nH]c2ccccc2c1C[C@@H](NC(=O)[C@@H](N)Cc1cnc[nH]1)C(=O)N[C@@H](C)C(=O)N[C@@H](Cc1c[nH]c2ccccc12)C(=O)N[C@@H](Cc1ccccc1)C(=O)N[C@@H](CCCCN)C(N)=O. The Kier molecular flexibility index (Phi) is 16.2. The van der Waals surface area contributed by atoms with E-state index in [9.17, 15) is 28.8 Å². The number of H-pyrrole nitrogens is 3. The third kappa shape index (κ3) is 12.7. The highest BCUT2D eigenvalue weighted by Gasteiger charge is 2.33. The number of nitrogens with zero attached hydrogens (tertiary/aromatic N) is 1. The molecule has 18 nitrogen and oxygen atoms in total. The molecular formula is C47H58N12O6. The zero-order chi connectivity index (χ0) is 46.5. The Balaban J connectivity index is 1.23. The van der Waals surface area contributed by atoms with Crippen LogP contribution >= 0.6 is 0 Å². The first-order valence-corrected chi connectivity index (χ1v) is 21.7. The Hall–Kier alpha value is -7.31. The van der Waals surface area contributed by atoms with Gasteiger partial charge in [0.1, 0.15) is 30.2 Å². The predicted molar refractivity (Wildman–Crippen MR) is 247 cm³/mol. The number of benzene rings is 3. The van der Waals surface area contributed by atoms with E-state index in [1.165, 1.54) is 13.3 Å². The molecule has 6 amide bonds. The van der Waals surface area contributed by atoms with Gasteiger partial charge in [0.25, 0.3) is 0 Å². The maximum atomic E-state index is 14.5. The van der Waals surface area contributed by atoms with Crippen molar-refractivity contribution in [3.63, 3.8) is 0 Å². The van der Waals surface area contributed by atoms with Crippen LogP contribution in [0, 0.1) is 6.92 Å². The molecule has 0 saturated heterocycles. The van der Waals surface area contributed by atoms with Crippen molar-refractivity contribution >= 4 is 57.2 Å². The summed E-state index contributed by atoms with van der Waals surface area (Å²) in [6, 6.07) is 17.3. The Morgan fingerprint density at radius 2 is 1.25 bits per heavy atom. The van der Waals surface area contributed by atoms with Crippen LogP contribution in [-0.4, -0.2) is 98.2 Å². The van der Waals surface area contributed by atoms with E-state index in [1.54, 1.807) is 36.7 Å². The zero-order valence-electron chi connectivity index (χ0n) is 36.5. The maximum Gasteiger partial charge on any atom is 0.243 e. The molecule has 6 aromatic rings. The standard InChI is InChI=1S/C47H58N12O6/c1-27-34(33-15-7-9-17-37(33)54-27)23-41(58-44(62)35(49)22-31-25-51-26-53-31)45(63)55-28(2)43(61)57-40(21-30-24-52-36-16-8-6-14-32(30)36)47(65)59-39(20-29-12-4-3-5-13-29)46(64)56-38(42(50)60)18-10-11-19-48/h3-9,12-17,24-26,28,35,38-41,52,54H,10-11,18-23,48-49H2,1-2H3,(H2,50,60)(H,51,53)(H,55,63)(H,56,64)(H,57,61)(H,58,62)(H,59,65)/t28-,35-,38-,39-,40-,41+/m0/s1. The molecule has 0 aliphatic carbocycles. The Morgan fingerprint density at radius 1 is 0.646 bits per heavy atom. The molecule has 0 saturated carbocycles. The van der Waals surface area contributed by atoms with Gasteiger partial charge in [-0.25, -0.2) is 4.98 Å². The van der Waals surface area contributed by atoms with E-state index in [1.807, 2.05) is 61.5 Å². The van der Waals surface area contributed by atoms with E-state index in [2.05, 4.69) is 46.5 Å². The number of carbonyl (C=O) groups is 6. The molecule has 0 bridgehead atoms. The molecule has 6 atom stereocenters. The summed E-state index contributed by atoms with van der Waals surface area (Å²) < 4.78 is 0. The minimum atomic E-state index is -1.26. The van der Waals surface area contributed by atoms with Crippen LogP contribution in [0.2, 0.25) is 0 Å². The molecule has 0 aliphatic heterocycles. The number of aromatic amines is 3. The second-order valence-corrected chi connectivity index (χ2v) is 16.3. The van der Waals surface area contributed by atoms with Gasteiger partial charge in [-0.2, -0.15) is 0 Å². The summed E-state index contributed by atoms with van der Waals surface area (Å²) in [5.41, 5.74) is 22.9. The van der Waals surface area contributed by atoms with E-state index in [0.717, 1.165) is 38.6 Å². The number of aromatic nitrogens is 4. The van der Waals surface area contributed by atoms with Crippen molar-refractivity contribution in [2.75, 3.05) is 6.54 Å². The first-order valence-electron chi connectivity index (χ1n) is 21.7. The highest BCUT2D eigenvalue weighted by atomic mass is 16.2. The number of rotatable bonds is 23. The minimum Gasteiger partial charge on any atom is -0.368 e. The highest BCUT2D eigenvalue weighted by Crippen LogP contribution is 2.24. The number of carbonyl (C=O) groups excluding carboxylic acids is 6. The lowest BCUT2D eigenvalue weighted by Crippen LogP contribution is -2.59. The van der Waals surface area contributed by atoms with Gasteiger partial charge in [-0.15, -0.1) is 0 Å². The molecule has 6 rings (SSSR count). The van der Waals surface area contributed by atoms with Crippen LogP contribution in [0.4, 0.5) is 0 Å². The number of hydrogen-bond donors (Lipinski definition) is 11. The van der Waals surface area contributed by atoms with Gasteiger partial charge in [-0.05, 0) is 68.5 Å². The lowest BCUT2D eigenvalue weighted by molar-refractivity contribution is -0.134. The lowest BCUT2D eigenvalue weighted by Gasteiger charge is -2.26. The van der Waals surface area contributed by atoms with Gasteiger partial charge in [0.2, 0.25) is 35.4 Å². The number of nitrogens with one attached hydrogen (secondary N) is 8. The second-order valence-electron chi connectivity index (χ2n) is 16.3. The van der Waals surface area contributed by atoms with Gasteiger partial charge in [0.15, 0.2) is 0 Å². The molecule has 3 aromatic carbocycles. The van der Waals surface area contributed by atoms with E-state index >= 15 is 0 Å². The summed E-state index contributed by atoms with van der Waals surface area (Å²) in [7, 11) is 0. The molecule has 0 unspecified atom stereocenters. The molecule has 14 N–H and O–H groups in total. The van der Waals surface area contributed by atoms with Gasteiger partial charge in [0, 0.05) is 71.3 Å².